The van der Waals surface area contributed by atoms with E-state index in [0.717, 1.165) is 30.6 Å². The minimum atomic E-state index is -0.366. The van der Waals surface area contributed by atoms with Crippen molar-refractivity contribution in [2.75, 3.05) is 30.0 Å². The molecule has 1 aliphatic carbocycles. The van der Waals surface area contributed by atoms with Crippen LogP contribution in [0, 0.1) is 5.92 Å². The first-order valence-electron chi connectivity index (χ1n) is 10.3. The molecule has 0 aromatic heterocycles. The zero-order valence-electron chi connectivity index (χ0n) is 16.3. The van der Waals surface area contributed by atoms with Crippen molar-refractivity contribution in [1.29, 1.82) is 0 Å². The zero-order valence-corrected chi connectivity index (χ0v) is 16.3. The summed E-state index contributed by atoms with van der Waals surface area (Å²) < 4.78 is 11.2. The van der Waals surface area contributed by atoms with Gasteiger partial charge in [-0.15, -0.1) is 0 Å². The summed E-state index contributed by atoms with van der Waals surface area (Å²) >= 11 is 0. The van der Waals surface area contributed by atoms with E-state index in [2.05, 4.69) is 11.4 Å². The number of nitrogens with zero attached hydrogens (tertiary/aromatic N) is 1. The number of anilines is 2. The molecule has 6 heteroatoms. The Morgan fingerprint density at radius 2 is 1.86 bits per heavy atom. The molecule has 6 nitrogen and oxygen atoms in total. The van der Waals surface area contributed by atoms with Gasteiger partial charge in [-0.2, -0.15) is 0 Å². The summed E-state index contributed by atoms with van der Waals surface area (Å²) in [5.41, 5.74) is 4.22. The lowest BCUT2D eigenvalue weighted by molar-refractivity contribution is -0.122. The molecule has 2 aromatic carbocycles. The van der Waals surface area contributed by atoms with Crippen LogP contribution in [0.5, 0.6) is 11.5 Å². The summed E-state index contributed by atoms with van der Waals surface area (Å²) in [6.07, 6.45) is 4.64. The predicted octanol–water partition coefficient (Wildman–Crippen LogP) is 3.33. The number of fused-ring (bicyclic) bond motifs is 2. The SMILES string of the molecule is O=C(Nc1cccc2c1CCCC2)[C@@H]1CC(=O)N(c2ccc3c(c2)OCCO3)C1. The van der Waals surface area contributed by atoms with Crippen LogP contribution < -0.4 is 19.7 Å². The van der Waals surface area contributed by atoms with E-state index in [1.54, 1.807) is 4.90 Å². The molecule has 150 valence electrons. The first-order valence-corrected chi connectivity index (χ1v) is 10.3. The van der Waals surface area contributed by atoms with Gasteiger partial charge in [0.1, 0.15) is 13.2 Å². The Hall–Kier alpha value is -3.02. The van der Waals surface area contributed by atoms with Crippen LogP contribution >= 0.6 is 0 Å². The lowest BCUT2D eigenvalue weighted by atomic mass is 9.90. The number of benzene rings is 2. The molecule has 1 atom stereocenters. The van der Waals surface area contributed by atoms with Crippen molar-refractivity contribution in [2.45, 2.75) is 32.1 Å². The number of carbonyl (C=O) groups excluding carboxylic acids is 2. The fourth-order valence-corrected chi connectivity index (χ4v) is 4.47. The van der Waals surface area contributed by atoms with Gasteiger partial charge in [-0.25, -0.2) is 0 Å². The number of amides is 2. The van der Waals surface area contributed by atoms with E-state index in [-0.39, 0.29) is 24.2 Å². The molecule has 2 heterocycles. The van der Waals surface area contributed by atoms with Crippen LogP contribution in [0.1, 0.15) is 30.4 Å². The number of carbonyl (C=O) groups is 2. The number of nitrogens with one attached hydrogen (secondary N) is 1. The maximum absolute atomic E-state index is 12.9. The largest absolute Gasteiger partial charge is 0.486 e. The Morgan fingerprint density at radius 3 is 2.76 bits per heavy atom. The molecular weight excluding hydrogens is 368 g/mol. The third-order valence-corrected chi connectivity index (χ3v) is 5.99. The molecule has 0 spiro atoms. The minimum absolute atomic E-state index is 0.0445. The number of hydrogen-bond donors (Lipinski definition) is 1. The molecule has 0 unspecified atom stereocenters. The molecule has 5 rings (SSSR count). The smallest absolute Gasteiger partial charge is 0.229 e. The molecule has 2 amide bonds. The van der Waals surface area contributed by atoms with Crippen LogP contribution in [-0.2, 0) is 22.4 Å². The lowest BCUT2D eigenvalue weighted by Gasteiger charge is -2.22. The third-order valence-electron chi connectivity index (χ3n) is 5.99. The first-order chi connectivity index (χ1) is 14.2. The maximum Gasteiger partial charge on any atom is 0.229 e. The van der Waals surface area contributed by atoms with E-state index >= 15 is 0 Å². The Kier molecular flexibility index (Phi) is 4.62. The molecule has 3 aliphatic rings. The van der Waals surface area contributed by atoms with Gasteiger partial charge in [-0.3, -0.25) is 9.59 Å². The Morgan fingerprint density at radius 1 is 1.03 bits per heavy atom. The van der Waals surface area contributed by atoms with E-state index in [1.807, 2.05) is 30.3 Å². The Balaban J connectivity index is 1.31. The van der Waals surface area contributed by atoms with E-state index in [4.69, 9.17) is 9.47 Å². The summed E-state index contributed by atoms with van der Waals surface area (Å²) in [4.78, 5) is 27.2. The quantitative estimate of drug-likeness (QED) is 0.870. The van der Waals surface area contributed by atoms with Crippen molar-refractivity contribution in [3.63, 3.8) is 0 Å². The second kappa shape index (κ2) is 7.43. The van der Waals surface area contributed by atoms with Gasteiger partial charge in [0, 0.05) is 30.4 Å². The summed E-state index contributed by atoms with van der Waals surface area (Å²) in [5.74, 6) is 0.838. The lowest BCUT2D eigenvalue weighted by Crippen LogP contribution is -2.28. The standard InChI is InChI=1S/C23H24N2O4/c26-22-12-16(14-25(22)17-8-9-20-21(13-17)29-11-10-28-20)23(27)24-19-7-3-5-15-4-1-2-6-18(15)19/h3,5,7-9,13,16H,1-2,4,6,10-12,14H2,(H,24,27)/t16-/m1/s1. The number of rotatable bonds is 3. The van der Waals surface area contributed by atoms with E-state index in [1.165, 1.54) is 17.5 Å². The van der Waals surface area contributed by atoms with Gasteiger partial charge >= 0.3 is 0 Å². The highest BCUT2D eigenvalue weighted by molar-refractivity contribution is 6.04. The van der Waals surface area contributed by atoms with Gasteiger partial charge < -0.3 is 19.7 Å². The maximum atomic E-state index is 12.9. The van der Waals surface area contributed by atoms with Gasteiger partial charge in [0.15, 0.2) is 11.5 Å². The molecule has 2 aliphatic heterocycles. The number of hydrogen-bond acceptors (Lipinski definition) is 4. The molecule has 0 radical (unpaired) electrons. The molecule has 2 aromatic rings. The molecule has 29 heavy (non-hydrogen) atoms. The van der Waals surface area contributed by atoms with Crippen molar-refractivity contribution >= 4 is 23.2 Å². The molecule has 0 saturated carbocycles. The summed E-state index contributed by atoms with van der Waals surface area (Å²) in [6, 6.07) is 11.6. The number of aryl methyl sites for hydroxylation is 1. The van der Waals surface area contributed by atoms with Crippen LogP contribution in [0.3, 0.4) is 0 Å². The molecular formula is C23H24N2O4. The number of ether oxygens (including phenoxy) is 2. The van der Waals surface area contributed by atoms with E-state index in [0.29, 0.717) is 31.3 Å². The van der Waals surface area contributed by atoms with Gasteiger partial charge in [-0.1, -0.05) is 12.1 Å². The van der Waals surface area contributed by atoms with Crippen LogP contribution in [0.25, 0.3) is 0 Å². The fourth-order valence-electron chi connectivity index (χ4n) is 4.47. The molecule has 1 saturated heterocycles. The molecule has 1 N–H and O–H groups in total. The average molecular weight is 392 g/mol. The summed E-state index contributed by atoms with van der Waals surface area (Å²) in [7, 11) is 0. The van der Waals surface area contributed by atoms with Crippen LogP contribution in [-0.4, -0.2) is 31.6 Å². The van der Waals surface area contributed by atoms with Crippen molar-refractivity contribution in [3.8, 4) is 11.5 Å². The van der Waals surface area contributed by atoms with Gasteiger partial charge in [0.25, 0.3) is 0 Å². The highest BCUT2D eigenvalue weighted by atomic mass is 16.6. The third kappa shape index (κ3) is 3.43. The van der Waals surface area contributed by atoms with Gasteiger partial charge in [-0.05, 0) is 55.0 Å². The van der Waals surface area contributed by atoms with Crippen LogP contribution in [0.15, 0.2) is 36.4 Å². The monoisotopic (exact) mass is 392 g/mol. The van der Waals surface area contributed by atoms with Gasteiger partial charge in [0.05, 0.1) is 5.92 Å². The minimum Gasteiger partial charge on any atom is -0.486 e. The van der Waals surface area contributed by atoms with Crippen LogP contribution in [0.2, 0.25) is 0 Å². The second-order valence-corrected chi connectivity index (χ2v) is 7.87. The fraction of sp³-hybridized carbons (Fsp3) is 0.391. The highest BCUT2D eigenvalue weighted by Crippen LogP contribution is 2.36. The van der Waals surface area contributed by atoms with E-state index < -0.39 is 0 Å². The van der Waals surface area contributed by atoms with Gasteiger partial charge in [0.2, 0.25) is 11.8 Å². The predicted molar refractivity (Wildman–Crippen MR) is 110 cm³/mol. The molecule has 0 bridgehead atoms. The molecule has 1 fully saturated rings. The van der Waals surface area contributed by atoms with Crippen molar-refractivity contribution in [2.24, 2.45) is 5.92 Å². The summed E-state index contributed by atoms with van der Waals surface area (Å²) in [5, 5.41) is 3.09. The average Bonchev–Trinajstić information content (AvgIpc) is 3.15. The topological polar surface area (TPSA) is 67.9 Å². The van der Waals surface area contributed by atoms with Crippen LogP contribution in [0.4, 0.5) is 11.4 Å². The zero-order chi connectivity index (χ0) is 19.8. The Labute approximate surface area is 169 Å². The normalized spacial score (nSPS) is 20.3. The van der Waals surface area contributed by atoms with Crippen molar-refractivity contribution in [1.82, 2.24) is 0 Å². The van der Waals surface area contributed by atoms with Crippen molar-refractivity contribution in [3.05, 3.63) is 47.5 Å². The first kappa shape index (κ1) is 18.0. The van der Waals surface area contributed by atoms with E-state index in [9.17, 15) is 9.59 Å². The Bertz CT molecular complexity index is 971. The summed E-state index contributed by atoms with van der Waals surface area (Å²) in [6.45, 7) is 1.40. The second-order valence-electron chi connectivity index (χ2n) is 7.87. The van der Waals surface area contributed by atoms with Crippen molar-refractivity contribution < 1.29 is 19.1 Å². The highest BCUT2D eigenvalue weighted by Gasteiger charge is 2.36.